The first-order valence-electron chi connectivity index (χ1n) is 17.8. The first-order chi connectivity index (χ1) is 28.9. The molecule has 0 atom stereocenters. The van der Waals surface area contributed by atoms with E-state index in [2.05, 4.69) is 13.2 Å². The molecule has 0 saturated carbocycles. The van der Waals surface area contributed by atoms with E-state index in [0.29, 0.717) is 25.7 Å². The molecule has 322 valence electrons. The van der Waals surface area contributed by atoms with E-state index in [9.17, 15) is 28.8 Å². The Bertz CT molecular complexity index is 1970. The average Bonchev–Trinajstić information content (AvgIpc) is 3.25. The molecule has 0 aliphatic heterocycles. The van der Waals surface area contributed by atoms with Crippen molar-refractivity contribution in [2.75, 3.05) is 62.0 Å². The van der Waals surface area contributed by atoms with Crippen molar-refractivity contribution < 1.29 is 90.3 Å². The van der Waals surface area contributed by atoms with Crippen molar-refractivity contribution in [3.05, 3.63) is 78.9 Å². The van der Waals surface area contributed by atoms with Crippen molar-refractivity contribution in [2.24, 2.45) is 0 Å². The molecular formula is C41H44O19. The third kappa shape index (κ3) is 14.2. The Kier molecular flexibility index (Phi) is 19.1. The number of rotatable bonds is 23. The van der Waals surface area contributed by atoms with E-state index in [1.54, 1.807) is 0 Å². The van der Waals surface area contributed by atoms with Crippen molar-refractivity contribution in [2.45, 2.75) is 25.7 Å². The molecule has 60 heavy (non-hydrogen) atoms. The number of esters is 4. The van der Waals surface area contributed by atoms with Gasteiger partial charge in [-0.05, 0) is 62.1 Å². The van der Waals surface area contributed by atoms with Crippen molar-refractivity contribution in [3.8, 4) is 51.7 Å². The number of benzene rings is 3. The van der Waals surface area contributed by atoms with Gasteiger partial charge in [0.15, 0.2) is 34.5 Å². The standard InChI is InChI=1S/C41H44O19/c1-8-34(42)53-16-10-12-18-55-40(46)59-36-30(49-4)20-25(21-31(36)50-5)38(44)57-27-14-15-28(29(24-27)48-3)58-39(45)26-22-32(51-6)37(33(23-26)52-7)60-41(47)56-19-13-11-17-54-35(43)9-2/h8-9,14-15,20-24H,1-2,10-13,16-19H2,3-7H3. The molecule has 0 amide bonds. The highest BCUT2D eigenvalue weighted by molar-refractivity contribution is 5.94. The topological polar surface area (TPSA) is 222 Å². The van der Waals surface area contributed by atoms with E-state index < -0.39 is 36.2 Å². The van der Waals surface area contributed by atoms with Crippen molar-refractivity contribution in [1.82, 2.24) is 0 Å². The second kappa shape index (κ2) is 24.4. The van der Waals surface area contributed by atoms with E-state index in [-0.39, 0.29) is 89.3 Å². The fraction of sp³-hybridized carbons (Fsp3) is 0.317. The predicted octanol–water partition coefficient (Wildman–Crippen LogP) is 6.22. The molecular weight excluding hydrogens is 796 g/mol. The minimum absolute atomic E-state index is 0.00402. The molecule has 0 spiro atoms. The molecule has 0 aromatic heterocycles. The molecule has 0 saturated heterocycles. The Hall–Kier alpha value is -7.44. The van der Waals surface area contributed by atoms with Gasteiger partial charge in [-0.1, -0.05) is 13.2 Å². The predicted molar refractivity (Wildman–Crippen MR) is 207 cm³/mol. The molecule has 0 N–H and O–H groups in total. The summed E-state index contributed by atoms with van der Waals surface area (Å²) in [5.41, 5.74) is -0.122. The maximum atomic E-state index is 13.3. The Morgan fingerprint density at radius 3 is 1.18 bits per heavy atom. The quantitative estimate of drug-likeness (QED) is 0.0258. The Balaban J connectivity index is 1.66. The molecule has 0 aliphatic rings. The monoisotopic (exact) mass is 840 g/mol. The van der Waals surface area contributed by atoms with Crippen LogP contribution in [0.3, 0.4) is 0 Å². The van der Waals surface area contributed by atoms with E-state index in [0.717, 1.165) is 12.2 Å². The van der Waals surface area contributed by atoms with Gasteiger partial charge in [-0.15, -0.1) is 0 Å². The zero-order chi connectivity index (χ0) is 44.0. The van der Waals surface area contributed by atoms with Crippen LogP contribution < -0.4 is 42.6 Å². The number of methoxy groups -OCH3 is 5. The molecule has 0 radical (unpaired) electrons. The van der Waals surface area contributed by atoms with E-state index >= 15 is 0 Å². The van der Waals surface area contributed by atoms with E-state index in [1.807, 2.05) is 0 Å². The van der Waals surface area contributed by atoms with Gasteiger partial charge < -0.3 is 61.6 Å². The zero-order valence-corrected chi connectivity index (χ0v) is 33.5. The third-order valence-corrected chi connectivity index (χ3v) is 7.65. The van der Waals surface area contributed by atoms with Crippen LogP contribution >= 0.6 is 0 Å². The van der Waals surface area contributed by atoms with Crippen LogP contribution in [-0.2, 0) is 28.5 Å². The Morgan fingerprint density at radius 1 is 0.450 bits per heavy atom. The SMILES string of the molecule is C=CC(=O)OCCCCOC(=O)Oc1c(OC)cc(C(=O)Oc2ccc(OC(=O)c3cc(OC)c(OC(=O)OCCCCOC(=O)C=C)c(OC)c3)c(OC)c2)cc1OC. The number of hydrogen-bond donors (Lipinski definition) is 0. The van der Waals surface area contributed by atoms with Crippen LogP contribution in [0.2, 0.25) is 0 Å². The lowest BCUT2D eigenvalue weighted by molar-refractivity contribution is -0.138. The minimum Gasteiger partial charge on any atom is -0.493 e. The van der Waals surface area contributed by atoms with Crippen LogP contribution in [0.1, 0.15) is 46.4 Å². The molecule has 0 unspecified atom stereocenters. The number of hydrogen-bond acceptors (Lipinski definition) is 19. The van der Waals surface area contributed by atoms with Crippen LogP contribution in [0.15, 0.2) is 67.8 Å². The second-order valence-electron chi connectivity index (χ2n) is 11.6. The number of ether oxygens (including phenoxy) is 13. The maximum Gasteiger partial charge on any atom is 0.514 e. The highest BCUT2D eigenvalue weighted by Crippen LogP contribution is 2.41. The first kappa shape index (κ1) is 46.9. The van der Waals surface area contributed by atoms with Gasteiger partial charge in [0.25, 0.3) is 0 Å². The van der Waals surface area contributed by atoms with Gasteiger partial charge in [0.2, 0.25) is 11.5 Å². The van der Waals surface area contributed by atoms with Gasteiger partial charge in [0, 0.05) is 18.2 Å². The Labute approximate surface area is 344 Å². The van der Waals surface area contributed by atoms with Crippen molar-refractivity contribution >= 4 is 36.2 Å². The maximum absolute atomic E-state index is 13.3. The van der Waals surface area contributed by atoms with Crippen molar-refractivity contribution in [3.63, 3.8) is 0 Å². The summed E-state index contributed by atoms with van der Waals surface area (Å²) in [4.78, 5) is 73.5. The number of unbranched alkanes of at least 4 members (excludes halogenated alkanes) is 2. The summed E-state index contributed by atoms with van der Waals surface area (Å²) in [6, 6.07) is 8.97. The molecule has 19 nitrogen and oxygen atoms in total. The molecule has 3 aromatic rings. The van der Waals surface area contributed by atoms with E-state index in [1.165, 1.54) is 78.0 Å². The summed E-state index contributed by atoms with van der Waals surface area (Å²) < 4.78 is 68.2. The van der Waals surface area contributed by atoms with Gasteiger partial charge >= 0.3 is 36.2 Å². The average molecular weight is 841 g/mol. The molecule has 0 fully saturated rings. The van der Waals surface area contributed by atoms with Crippen LogP contribution in [0.4, 0.5) is 9.59 Å². The van der Waals surface area contributed by atoms with Crippen LogP contribution in [0.5, 0.6) is 51.7 Å². The van der Waals surface area contributed by atoms with Gasteiger partial charge in [-0.3, -0.25) is 0 Å². The smallest absolute Gasteiger partial charge is 0.493 e. The molecule has 19 heteroatoms. The molecule has 0 heterocycles. The number of carbonyl (C=O) groups is 6. The lowest BCUT2D eigenvalue weighted by Gasteiger charge is -2.16. The van der Waals surface area contributed by atoms with Crippen molar-refractivity contribution in [1.29, 1.82) is 0 Å². The fourth-order valence-corrected chi connectivity index (χ4v) is 4.73. The highest BCUT2D eigenvalue weighted by Gasteiger charge is 2.25. The number of carbonyl (C=O) groups excluding carboxylic acids is 6. The van der Waals surface area contributed by atoms with Crippen LogP contribution in [0, 0.1) is 0 Å². The summed E-state index contributed by atoms with van der Waals surface area (Å²) in [6.07, 6.45) is 1.55. The molecule has 0 bridgehead atoms. The lowest BCUT2D eigenvalue weighted by Crippen LogP contribution is -2.15. The second-order valence-corrected chi connectivity index (χ2v) is 11.6. The zero-order valence-electron chi connectivity index (χ0n) is 33.5. The van der Waals surface area contributed by atoms with Crippen LogP contribution in [0.25, 0.3) is 0 Å². The summed E-state index contributed by atoms with van der Waals surface area (Å²) in [5, 5.41) is 0. The van der Waals surface area contributed by atoms with Gasteiger partial charge in [0.1, 0.15) is 5.75 Å². The first-order valence-corrected chi connectivity index (χ1v) is 17.8. The minimum atomic E-state index is -1.08. The summed E-state index contributed by atoms with van der Waals surface area (Å²) in [7, 11) is 6.41. The van der Waals surface area contributed by atoms with E-state index in [4.69, 9.17) is 61.6 Å². The summed E-state index contributed by atoms with van der Waals surface area (Å²) in [6.45, 7) is 6.79. The highest BCUT2D eigenvalue weighted by atomic mass is 16.7. The molecule has 3 rings (SSSR count). The molecule has 3 aromatic carbocycles. The Morgan fingerprint density at radius 2 is 0.817 bits per heavy atom. The van der Waals surface area contributed by atoms with Gasteiger partial charge in [-0.25, -0.2) is 28.8 Å². The largest absolute Gasteiger partial charge is 0.514 e. The van der Waals surface area contributed by atoms with Gasteiger partial charge in [0.05, 0.1) is 73.1 Å². The van der Waals surface area contributed by atoms with Gasteiger partial charge in [-0.2, -0.15) is 0 Å². The summed E-state index contributed by atoms with van der Waals surface area (Å²) >= 11 is 0. The lowest BCUT2D eigenvalue weighted by atomic mass is 10.1. The third-order valence-electron chi connectivity index (χ3n) is 7.65. The van der Waals surface area contributed by atoms with Crippen LogP contribution in [-0.4, -0.2) is 98.2 Å². The molecule has 0 aliphatic carbocycles. The summed E-state index contributed by atoms with van der Waals surface area (Å²) in [5.74, 6) is -3.51. The normalized spacial score (nSPS) is 10.2. The fourth-order valence-electron chi connectivity index (χ4n) is 4.73.